The summed E-state index contributed by atoms with van der Waals surface area (Å²) in [4.78, 5) is 5.25. The van der Waals surface area contributed by atoms with Crippen LogP contribution in [0.2, 0.25) is 0 Å². The molecule has 0 atom stereocenters. The second-order valence-corrected chi connectivity index (χ2v) is 4.31. The third-order valence-electron chi connectivity index (χ3n) is 2.74. The van der Waals surface area contributed by atoms with Crippen LogP contribution >= 0.6 is 0 Å². The molecule has 19 heavy (non-hydrogen) atoms. The monoisotopic (exact) mass is 248 g/mol. The van der Waals surface area contributed by atoms with Crippen molar-refractivity contribution in [1.29, 1.82) is 5.39 Å². The van der Waals surface area contributed by atoms with Crippen molar-refractivity contribution in [3.8, 4) is 11.8 Å². The van der Waals surface area contributed by atoms with Gasteiger partial charge in [0.15, 0.2) is 4.98 Å². The van der Waals surface area contributed by atoms with Crippen LogP contribution in [0.4, 0.5) is 11.4 Å². The molecule has 0 amide bonds. The number of rotatable bonds is 1. The minimum Gasteiger partial charge on any atom is -0.378 e. The summed E-state index contributed by atoms with van der Waals surface area (Å²) in [6.45, 7) is 0. The smallest absolute Gasteiger partial charge is 0.378 e. The van der Waals surface area contributed by atoms with Gasteiger partial charge in [-0.25, -0.2) is 0 Å². The van der Waals surface area contributed by atoms with Gasteiger partial charge in [0, 0.05) is 31.4 Å². The van der Waals surface area contributed by atoms with Crippen LogP contribution in [0, 0.1) is 17.2 Å². The largest absolute Gasteiger partial charge is 0.400 e. The highest BCUT2D eigenvalue weighted by atomic mass is 15.1. The number of hydrogen-bond acceptors (Lipinski definition) is 2. The normalized spacial score (nSPS) is 9.11. The zero-order chi connectivity index (χ0) is 13.7. The van der Waals surface area contributed by atoms with Crippen molar-refractivity contribution < 1.29 is 0 Å². The molecule has 2 aromatic carbocycles. The second-order valence-electron chi connectivity index (χ2n) is 4.31. The predicted molar refractivity (Wildman–Crippen MR) is 77.9 cm³/mol. The molecule has 92 valence electrons. The van der Waals surface area contributed by atoms with Crippen LogP contribution < -0.4 is 4.90 Å². The molecule has 0 unspecified atom stereocenters. The van der Waals surface area contributed by atoms with E-state index in [4.69, 9.17) is 5.39 Å². The minimum absolute atomic E-state index is 0.486. The molecule has 0 saturated carbocycles. The van der Waals surface area contributed by atoms with Crippen LogP contribution in [0.5, 0.6) is 0 Å². The van der Waals surface area contributed by atoms with Crippen LogP contribution in [0.1, 0.15) is 11.1 Å². The van der Waals surface area contributed by atoms with Crippen molar-refractivity contribution in [2.75, 3.05) is 19.0 Å². The average Bonchev–Trinajstić information content (AvgIpc) is 2.45. The Morgan fingerprint density at radius 1 is 0.947 bits per heavy atom. The lowest BCUT2D eigenvalue weighted by Gasteiger charge is -2.11. The SMILES string of the molecule is CN(C)c1ccc(C#Cc2ccccc2[N+]#N)cc1. The Hall–Kier alpha value is -2.78. The molecule has 3 heteroatoms. The van der Waals surface area contributed by atoms with Crippen LogP contribution in [0.3, 0.4) is 0 Å². The van der Waals surface area contributed by atoms with Crippen molar-refractivity contribution >= 4 is 11.4 Å². The molecule has 0 heterocycles. The van der Waals surface area contributed by atoms with E-state index in [0.29, 0.717) is 11.3 Å². The Morgan fingerprint density at radius 3 is 2.26 bits per heavy atom. The molecule has 0 aliphatic rings. The van der Waals surface area contributed by atoms with Crippen LogP contribution in [0.25, 0.3) is 4.98 Å². The lowest BCUT2D eigenvalue weighted by molar-refractivity contribution is 1.13. The molecular weight excluding hydrogens is 234 g/mol. The predicted octanol–water partition coefficient (Wildman–Crippen LogP) is 3.64. The van der Waals surface area contributed by atoms with E-state index < -0.39 is 0 Å². The highest BCUT2D eigenvalue weighted by Gasteiger charge is 2.08. The topological polar surface area (TPSA) is 31.4 Å². The summed E-state index contributed by atoms with van der Waals surface area (Å²) in [6, 6.07) is 15.2. The van der Waals surface area contributed by atoms with Gasteiger partial charge in [0.1, 0.15) is 5.56 Å². The van der Waals surface area contributed by atoms with E-state index >= 15 is 0 Å². The van der Waals surface area contributed by atoms with E-state index in [-0.39, 0.29) is 0 Å². The fraction of sp³-hybridized carbons (Fsp3) is 0.125. The van der Waals surface area contributed by atoms with Crippen molar-refractivity contribution in [3.63, 3.8) is 0 Å². The summed E-state index contributed by atoms with van der Waals surface area (Å²) in [5.41, 5.74) is 3.26. The first-order valence-electron chi connectivity index (χ1n) is 5.94. The van der Waals surface area contributed by atoms with E-state index in [1.807, 2.05) is 61.5 Å². The third kappa shape index (κ3) is 3.12. The summed E-state index contributed by atoms with van der Waals surface area (Å²) in [6.07, 6.45) is 0. The van der Waals surface area contributed by atoms with Gasteiger partial charge in [-0.2, -0.15) is 0 Å². The summed E-state index contributed by atoms with van der Waals surface area (Å²) >= 11 is 0. The van der Waals surface area contributed by atoms with E-state index in [2.05, 4.69) is 16.8 Å². The van der Waals surface area contributed by atoms with Gasteiger partial charge >= 0.3 is 5.69 Å². The maximum absolute atomic E-state index is 8.86. The van der Waals surface area contributed by atoms with E-state index in [0.717, 1.165) is 11.3 Å². The lowest BCUT2D eigenvalue weighted by atomic mass is 10.1. The fourth-order valence-electron chi connectivity index (χ4n) is 1.65. The zero-order valence-electron chi connectivity index (χ0n) is 11.0. The van der Waals surface area contributed by atoms with E-state index in [1.54, 1.807) is 6.07 Å². The lowest BCUT2D eigenvalue weighted by Crippen LogP contribution is -2.07. The Labute approximate surface area is 113 Å². The van der Waals surface area contributed by atoms with Crippen molar-refractivity contribution in [3.05, 3.63) is 64.6 Å². The van der Waals surface area contributed by atoms with Gasteiger partial charge in [-0.1, -0.05) is 24.0 Å². The first-order valence-corrected chi connectivity index (χ1v) is 5.94. The Kier molecular flexibility index (Phi) is 3.81. The summed E-state index contributed by atoms with van der Waals surface area (Å²) in [7, 11) is 4.00. The molecule has 3 nitrogen and oxygen atoms in total. The van der Waals surface area contributed by atoms with Crippen LogP contribution in [-0.4, -0.2) is 14.1 Å². The molecule has 0 aromatic heterocycles. The number of diazo groups is 1. The molecule has 2 aromatic rings. The van der Waals surface area contributed by atoms with Gasteiger partial charge in [0.05, 0.1) is 0 Å². The van der Waals surface area contributed by atoms with Gasteiger partial charge in [0.2, 0.25) is 5.39 Å². The van der Waals surface area contributed by atoms with Gasteiger partial charge < -0.3 is 4.90 Å². The number of nitrogens with zero attached hydrogens (tertiary/aromatic N) is 3. The quantitative estimate of drug-likeness (QED) is 0.570. The average molecular weight is 248 g/mol. The van der Waals surface area contributed by atoms with Gasteiger partial charge in [-0.15, -0.1) is 0 Å². The van der Waals surface area contributed by atoms with E-state index in [1.165, 1.54) is 0 Å². The molecule has 0 aliphatic heterocycles. The number of hydrogen-bond donors (Lipinski definition) is 0. The van der Waals surface area contributed by atoms with Crippen molar-refractivity contribution in [1.82, 2.24) is 0 Å². The first kappa shape index (κ1) is 12.7. The highest BCUT2D eigenvalue weighted by molar-refractivity contribution is 5.61. The molecule has 0 spiro atoms. The first-order chi connectivity index (χ1) is 9.20. The van der Waals surface area contributed by atoms with Gasteiger partial charge in [-0.3, -0.25) is 0 Å². The number of benzene rings is 2. The maximum atomic E-state index is 8.86. The third-order valence-corrected chi connectivity index (χ3v) is 2.74. The Morgan fingerprint density at radius 2 is 1.63 bits per heavy atom. The van der Waals surface area contributed by atoms with Crippen molar-refractivity contribution in [2.45, 2.75) is 0 Å². The molecule has 0 aliphatic carbocycles. The van der Waals surface area contributed by atoms with Crippen LogP contribution in [0.15, 0.2) is 48.5 Å². The molecule has 0 saturated heterocycles. The minimum atomic E-state index is 0.486. The molecule has 2 rings (SSSR count). The Balaban J connectivity index is 2.27. The molecular formula is C16H14N3+. The molecule has 0 radical (unpaired) electrons. The summed E-state index contributed by atoms with van der Waals surface area (Å²) < 4.78 is 0. The van der Waals surface area contributed by atoms with Crippen LogP contribution in [-0.2, 0) is 0 Å². The van der Waals surface area contributed by atoms with Crippen molar-refractivity contribution in [2.24, 2.45) is 0 Å². The molecule has 0 fully saturated rings. The van der Waals surface area contributed by atoms with Gasteiger partial charge in [0.25, 0.3) is 0 Å². The second kappa shape index (κ2) is 5.71. The standard InChI is InChI=1S/C16H14N3/c1-19(2)15-11-8-13(9-12-15)7-10-14-5-3-4-6-16(14)18-17/h3-6,8-9,11-12H,1-2H3/q+1. The summed E-state index contributed by atoms with van der Waals surface area (Å²) in [5, 5.41) is 8.86. The fourth-order valence-corrected chi connectivity index (χ4v) is 1.65. The van der Waals surface area contributed by atoms with E-state index in [9.17, 15) is 0 Å². The number of anilines is 1. The highest BCUT2D eigenvalue weighted by Crippen LogP contribution is 2.17. The zero-order valence-corrected chi connectivity index (χ0v) is 11.0. The summed E-state index contributed by atoms with van der Waals surface area (Å²) in [5.74, 6) is 6.07. The Bertz CT molecular complexity index is 668. The molecule has 0 N–H and O–H groups in total. The van der Waals surface area contributed by atoms with Gasteiger partial charge in [-0.05, 0) is 30.3 Å². The maximum Gasteiger partial charge on any atom is 0.400 e. The molecule has 0 bridgehead atoms.